The van der Waals surface area contributed by atoms with Gasteiger partial charge in [-0.25, -0.2) is 0 Å². The Morgan fingerprint density at radius 1 is 1.32 bits per heavy atom. The SMILES string of the molecule is CC(C)C(N)C(=O)NC1CCCC(C(F)(F)F)C1.Cl. The number of rotatable bonds is 3. The van der Waals surface area contributed by atoms with E-state index in [1.54, 1.807) is 0 Å². The number of alkyl halides is 3. The Balaban J connectivity index is 0.00000324. The van der Waals surface area contributed by atoms with Crippen molar-refractivity contribution in [1.82, 2.24) is 5.32 Å². The van der Waals surface area contributed by atoms with E-state index in [4.69, 9.17) is 5.73 Å². The molecule has 0 aliphatic heterocycles. The van der Waals surface area contributed by atoms with Crippen molar-refractivity contribution in [3.8, 4) is 0 Å². The molecule has 0 heterocycles. The maximum Gasteiger partial charge on any atom is 0.391 e. The zero-order valence-corrected chi connectivity index (χ0v) is 12.0. The summed E-state index contributed by atoms with van der Waals surface area (Å²) in [6.07, 6.45) is -2.94. The lowest BCUT2D eigenvalue weighted by Gasteiger charge is -2.31. The van der Waals surface area contributed by atoms with Crippen LogP contribution in [-0.4, -0.2) is 24.2 Å². The first kappa shape index (κ1) is 18.5. The van der Waals surface area contributed by atoms with Gasteiger partial charge in [0.15, 0.2) is 0 Å². The molecule has 1 aliphatic carbocycles. The third-order valence-electron chi connectivity index (χ3n) is 3.50. The predicted octanol–water partition coefficient (Wildman–Crippen LogP) is 2.63. The van der Waals surface area contributed by atoms with Gasteiger partial charge in [0.1, 0.15) is 0 Å². The topological polar surface area (TPSA) is 55.1 Å². The van der Waals surface area contributed by atoms with Crippen LogP contribution < -0.4 is 11.1 Å². The monoisotopic (exact) mass is 302 g/mol. The maximum atomic E-state index is 12.6. The van der Waals surface area contributed by atoms with Crippen LogP contribution in [0.25, 0.3) is 0 Å². The molecule has 0 radical (unpaired) electrons. The van der Waals surface area contributed by atoms with Crippen LogP contribution >= 0.6 is 12.4 Å². The van der Waals surface area contributed by atoms with Gasteiger partial charge in [-0.15, -0.1) is 12.4 Å². The van der Waals surface area contributed by atoms with E-state index < -0.39 is 24.2 Å². The average Bonchev–Trinajstić information content (AvgIpc) is 2.27. The largest absolute Gasteiger partial charge is 0.391 e. The predicted molar refractivity (Wildman–Crippen MR) is 70.0 cm³/mol. The number of nitrogens with two attached hydrogens (primary N) is 1. The molecule has 1 saturated carbocycles. The first-order valence-corrected chi connectivity index (χ1v) is 6.34. The molecule has 3 atom stereocenters. The van der Waals surface area contributed by atoms with Gasteiger partial charge in [0.05, 0.1) is 12.0 Å². The molecule has 0 spiro atoms. The van der Waals surface area contributed by atoms with Crippen molar-refractivity contribution in [1.29, 1.82) is 0 Å². The first-order chi connectivity index (χ1) is 8.21. The second-order valence-corrected chi connectivity index (χ2v) is 5.38. The number of carbonyl (C=O) groups is 1. The number of hydrogen-bond acceptors (Lipinski definition) is 2. The normalized spacial score (nSPS) is 25.6. The van der Waals surface area contributed by atoms with Gasteiger partial charge in [-0.05, 0) is 25.2 Å². The fourth-order valence-electron chi connectivity index (χ4n) is 2.22. The van der Waals surface area contributed by atoms with Gasteiger partial charge in [0.2, 0.25) is 5.91 Å². The lowest BCUT2D eigenvalue weighted by atomic mass is 9.85. The molecule has 19 heavy (non-hydrogen) atoms. The van der Waals surface area contributed by atoms with Gasteiger partial charge in [-0.3, -0.25) is 4.79 Å². The summed E-state index contributed by atoms with van der Waals surface area (Å²) in [5.74, 6) is -1.67. The summed E-state index contributed by atoms with van der Waals surface area (Å²) in [5, 5.41) is 2.64. The Labute approximate surface area is 117 Å². The van der Waals surface area contributed by atoms with Crippen LogP contribution in [0.15, 0.2) is 0 Å². The van der Waals surface area contributed by atoms with E-state index in [2.05, 4.69) is 5.32 Å². The van der Waals surface area contributed by atoms with E-state index >= 15 is 0 Å². The molecule has 0 saturated heterocycles. The van der Waals surface area contributed by atoms with Gasteiger partial charge >= 0.3 is 6.18 Å². The van der Waals surface area contributed by atoms with Crippen molar-refractivity contribution < 1.29 is 18.0 Å². The van der Waals surface area contributed by atoms with Gasteiger partial charge in [0, 0.05) is 6.04 Å². The smallest absolute Gasteiger partial charge is 0.352 e. The summed E-state index contributed by atoms with van der Waals surface area (Å²) in [7, 11) is 0. The molecule has 7 heteroatoms. The highest BCUT2D eigenvalue weighted by Crippen LogP contribution is 2.37. The van der Waals surface area contributed by atoms with E-state index in [9.17, 15) is 18.0 Å². The number of carbonyl (C=O) groups excluding carboxylic acids is 1. The second-order valence-electron chi connectivity index (χ2n) is 5.38. The molecule has 0 aromatic rings. The molecule has 1 fully saturated rings. The summed E-state index contributed by atoms with van der Waals surface area (Å²) in [4.78, 5) is 11.7. The summed E-state index contributed by atoms with van der Waals surface area (Å²) in [6, 6.07) is -1.06. The van der Waals surface area contributed by atoms with E-state index in [1.807, 2.05) is 13.8 Å². The molecule has 1 amide bonds. The molecule has 1 rings (SSSR count). The van der Waals surface area contributed by atoms with Gasteiger partial charge in [-0.2, -0.15) is 13.2 Å². The van der Waals surface area contributed by atoms with Crippen LogP contribution in [0.5, 0.6) is 0 Å². The minimum atomic E-state index is -4.16. The van der Waals surface area contributed by atoms with Crippen LogP contribution in [0.3, 0.4) is 0 Å². The molecule has 0 aromatic carbocycles. The van der Waals surface area contributed by atoms with E-state index in [-0.39, 0.29) is 37.1 Å². The molecule has 3 unspecified atom stereocenters. The van der Waals surface area contributed by atoms with Crippen molar-refractivity contribution in [2.75, 3.05) is 0 Å². The third-order valence-corrected chi connectivity index (χ3v) is 3.50. The number of halogens is 4. The minimum Gasteiger partial charge on any atom is -0.352 e. The lowest BCUT2D eigenvalue weighted by molar-refractivity contribution is -0.184. The zero-order chi connectivity index (χ0) is 13.9. The number of nitrogens with one attached hydrogen (secondary N) is 1. The minimum absolute atomic E-state index is 0. The van der Waals surface area contributed by atoms with Crippen molar-refractivity contribution in [3.05, 3.63) is 0 Å². The van der Waals surface area contributed by atoms with Crippen molar-refractivity contribution in [2.45, 2.75) is 57.8 Å². The summed E-state index contributed by atoms with van der Waals surface area (Å²) in [6.45, 7) is 3.62. The van der Waals surface area contributed by atoms with E-state index in [1.165, 1.54) is 0 Å². The highest BCUT2D eigenvalue weighted by atomic mass is 35.5. The molecule has 3 nitrogen and oxygen atoms in total. The Bertz CT molecular complexity index is 297. The highest BCUT2D eigenvalue weighted by Gasteiger charge is 2.42. The van der Waals surface area contributed by atoms with Crippen molar-refractivity contribution >= 4 is 18.3 Å². The summed E-state index contributed by atoms with van der Waals surface area (Å²) in [5.41, 5.74) is 5.66. The average molecular weight is 303 g/mol. The Morgan fingerprint density at radius 3 is 2.37 bits per heavy atom. The second kappa shape index (κ2) is 7.33. The van der Waals surface area contributed by atoms with Gasteiger partial charge in [-0.1, -0.05) is 20.3 Å². The number of hydrogen-bond donors (Lipinski definition) is 2. The zero-order valence-electron chi connectivity index (χ0n) is 11.2. The Hall–Kier alpha value is -0.490. The fourth-order valence-corrected chi connectivity index (χ4v) is 2.22. The quantitative estimate of drug-likeness (QED) is 0.842. The third kappa shape index (κ3) is 5.57. The van der Waals surface area contributed by atoms with E-state index in [0.29, 0.717) is 12.8 Å². The van der Waals surface area contributed by atoms with Crippen molar-refractivity contribution in [2.24, 2.45) is 17.6 Å². The number of amides is 1. The van der Waals surface area contributed by atoms with Gasteiger partial charge in [0.25, 0.3) is 0 Å². The van der Waals surface area contributed by atoms with Crippen LogP contribution in [0.2, 0.25) is 0 Å². The standard InChI is InChI=1S/C12H21F3N2O.ClH/c1-7(2)10(16)11(18)17-9-5-3-4-8(6-9)12(13,14)15;/h7-10H,3-6,16H2,1-2H3,(H,17,18);1H. The van der Waals surface area contributed by atoms with Gasteiger partial charge < -0.3 is 11.1 Å². The molecule has 114 valence electrons. The Kier molecular flexibility index (Phi) is 7.15. The van der Waals surface area contributed by atoms with E-state index in [0.717, 1.165) is 0 Å². The van der Waals surface area contributed by atoms with Crippen LogP contribution in [0.1, 0.15) is 39.5 Å². The fraction of sp³-hybridized carbons (Fsp3) is 0.917. The summed E-state index contributed by atoms with van der Waals surface area (Å²) >= 11 is 0. The Morgan fingerprint density at radius 2 is 1.89 bits per heavy atom. The molecular formula is C12H22ClF3N2O. The summed E-state index contributed by atoms with van der Waals surface area (Å²) < 4.78 is 37.8. The molecule has 3 N–H and O–H groups in total. The van der Waals surface area contributed by atoms with Crippen LogP contribution in [-0.2, 0) is 4.79 Å². The van der Waals surface area contributed by atoms with Crippen LogP contribution in [0.4, 0.5) is 13.2 Å². The maximum absolute atomic E-state index is 12.6. The lowest BCUT2D eigenvalue weighted by Crippen LogP contribution is -2.49. The highest BCUT2D eigenvalue weighted by molar-refractivity contribution is 5.85. The molecule has 1 aliphatic rings. The van der Waals surface area contributed by atoms with Crippen LogP contribution in [0, 0.1) is 11.8 Å². The molecular weight excluding hydrogens is 281 g/mol. The first-order valence-electron chi connectivity index (χ1n) is 6.34. The van der Waals surface area contributed by atoms with Crippen molar-refractivity contribution in [3.63, 3.8) is 0 Å². The molecule has 0 aromatic heterocycles. The molecule has 0 bridgehead atoms.